The van der Waals surface area contributed by atoms with E-state index in [9.17, 15) is 18.0 Å². The highest BCUT2D eigenvalue weighted by Crippen LogP contribution is 2.41. The molecule has 4 rings (SSSR count). The summed E-state index contributed by atoms with van der Waals surface area (Å²) < 4.78 is 58.6. The van der Waals surface area contributed by atoms with Crippen LogP contribution in [0.1, 0.15) is 78.8 Å². The van der Waals surface area contributed by atoms with E-state index in [4.69, 9.17) is 10.7 Å². The van der Waals surface area contributed by atoms with Gasteiger partial charge in [-0.2, -0.15) is 18.4 Å². The summed E-state index contributed by atoms with van der Waals surface area (Å²) in [6, 6.07) is 13.7. The van der Waals surface area contributed by atoms with Gasteiger partial charge in [0.25, 0.3) is 5.91 Å². The number of nitrogens with one attached hydrogen (secondary N) is 1. The maximum atomic E-state index is 17.6. The van der Waals surface area contributed by atoms with Crippen LogP contribution in [0.3, 0.4) is 0 Å². The number of alkyl halides is 4. The lowest BCUT2D eigenvalue weighted by molar-refractivity contribution is -0.138. The topological polar surface area (TPSA) is 84.1 Å². The predicted molar refractivity (Wildman–Crippen MR) is 155 cm³/mol. The first-order valence-electron chi connectivity index (χ1n) is 13.8. The molecule has 0 radical (unpaired) electrons. The molecule has 0 saturated heterocycles. The summed E-state index contributed by atoms with van der Waals surface area (Å²) in [4.78, 5) is 20.7. The molecule has 0 fully saturated rings. The molecule has 2 heterocycles. The van der Waals surface area contributed by atoms with Gasteiger partial charge >= 0.3 is 6.18 Å². The van der Waals surface area contributed by atoms with E-state index in [-0.39, 0.29) is 34.8 Å². The highest BCUT2D eigenvalue weighted by molar-refractivity contribution is 6.23. The first-order valence-corrected chi connectivity index (χ1v) is 13.8. The van der Waals surface area contributed by atoms with Gasteiger partial charge in [0.1, 0.15) is 11.5 Å². The molecule has 2 unspecified atom stereocenters. The van der Waals surface area contributed by atoms with Crippen LogP contribution in [0, 0.1) is 23.7 Å². The highest BCUT2D eigenvalue weighted by atomic mass is 19.4. The number of amidine groups is 1. The molecule has 42 heavy (non-hydrogen) atoms. The Morgan fingerprint density at radius 1 is 1.10 bits per heavy atom. The lowest BCUT2D eigenvalue weighted by Crippen LogP contribution is -2.59. The minimum Gasteiger partial charge on any atom is -0.286 e. The minimum atomic E-state index is -4.61. The molecular formula is C32H35F4N5O. The number of pyridine rings is 1. The van der Waals surface area contributed by atoms with E-state index in [1.807, 2.05) is 13.0 Å². The Bertz CT molecular complexity index is 1460. The van der Waals surface area contributed by atoms with Gasteiger partial charge in [-0.05, 0) is 73.9 Å². The summed E-state index contributed by atoms with van der Waals surface area (Å²) >= 11 is 0. The van der Waals surface area contributed by atoms with E-state index in [0.717, 1.165) is 11.0 Å². The van der Waals surface area contributed by atoms with Gasteiger partial charge in [0.05, 0.1) is 34.5 Å². The zero-order valence-corrected chi connectivity index (χ0v) is 24.4. The van der Waals surface area contributed by atoms with Crippen LogP contribution in [0.15, 0.2) is 60.8 Å². The molecule has 0 bridgehead atoms. The van der Waals surface area contributed by atoms with E-state index in [1.54, 1.807) is 6.92 Å². The number of hydrogen-bond acceptors (Lipinski definition) is 5. The van der Waals surface area contributed by atoms with Crippen LogP contribution in [-0.4, -0.2) is 34.2 Å². The number of nitriles is 1. The van der Waals surface area contributed by atoms with E-state index in [0.29, 0.717) is 17.7 Å². The second kappa shape index (κ2) is 13.3. The molecule has 10 heteroatoms. The van der Waals surface area contributed by atoms with Crippen LogP contribution in [0.2, 0.25) is 0 Å². The number of fused-ring (bicyclic) bond motifs is 1. The quantitative estimate of drug-likeness (QED) is 0.246. The molecule has 0 aliphatic carbocycles. The third-order valence-corrected chi connectivity index (χ3v) is 6.93. The molecule has 222 valence electrons. The normalized spacial score (nSPS) is 19.2. The highest BCUT2D eigenvalue weighted by Gasteiger charge is 2.49. The van der Waals surface area contributed by atoms with Gasteiger partial charge < -0.3 is 0 Å². The fourth-order valence-corrected chi connectivity index (χ4v) is 4.98. The summed E-state index contributed by atoms with van der Waals surface area (Å²) in [6.45, 7) is 9.14. The zero-order valence-electron chi connectivity index (χ0n) is 24.4. The maximum absolute atomic E-state index is 17.6. The van der Waals surface area contributed by atoms with Crippen molar-refractivity contribution in [2.45, 2.75) is 71.9 Å². The van der Waals surface area contributed by atoms with Crippen molar-refractivity contribution in [1.29, 1.82) is 10.7 Å². The van der Waals surface area contributed by atoms with Gasteiger partial charge in [-0.25, -0.2) is 4.39 Å². The fourth-order valence-electron chi connectivity index (χ4n) is 4.98. The van der Waals surface area contributed by atoms with Gasteiger partial charge in [-0.3, -0.25) is 25.0 Å². The molecule has 1 amide bonds. The van der Waals surface area contributed by atoms with Crippen molar-refractivity contribution in [3.63, 3.8) is 0 Å². The van der Waals surface area contributed by atoms with Crippen LogP contribution >= 0.6 is 0 Å². The van der Waals surface area contributed by atoms with Gasteiger partial charge in [0.15, 0.2) is 0 Å². The molecule has 1 aromatic heterocycles. The smallest absolute Gasteiger partial charge is 0.286 e. The summed E-state index contributed by atoms with van der Waals surface area (Å²) in [5.41, 5.74) is -0.399. The number of carbonyl (C=O) groups is 1. The van der Waals surface area contributed by atoms with Crippen molar-refractivity contribution >= 4 is 17.4 Å². The number of benzene rings is 2. The van der Waals surface area contributed by atoms with Crippen molar-refractivity contribution in [2.75, 3.05) is 11.4 Å². The first kappa shape index (κ1) is 32.4. The summed E-state index contributed by atoms with van der Waals surface area (Å²) in [5, 5.41) is 18.1. The zero-order chi connectivity index (χ0) is 31.2. The number of rotatable bonds is 5. The number of halogens is 4. The number of aromatic nitrogens is 1. The molecular weight excluding hydrogens is 546 g/mol. The van der Waals surface area contributed by atoms with E-state index in [1.165, 1.54) is 73.0 Å². The lowest BCUT2D eigenvalue weighted by Gasteiger charge is -2.45. The number of amides is 1. The van der Waals surface area contributed by atoms with Gasteiger partial charge in [0.2, 0.25) is 5.79 Å². The minimum absolute atomic E-state index is 0.0177. The third-order valence-electron chi connectivity index (χ3n) is 6.93. The van der Waals surface area contributed by atoms with Crippen LogP contribution < -0.4 is 4.90 Å². The lowest BCUT2D eigenvalue weighted by atomic mass is 9.90. The molecule has 2 aromatic carbocycles. The molecule has 1 N–H and O–H groups in total. The maximum Gasteiger partial charge on any atom is 0.416 e. The molecule has 6 nitrogen and oxygen atoms in total. The summed E-state index contributed by atoms with van der Waals surface area (Å²) in [7, 11) is 0. The fraction of sp³-hybridized carbons (Fsp3) is 0.375. The van der Waals surface area contributed by atoms with Crippen LogP contribution in [0.4, 0.5) is 23.2 Å². The standard InChI is InChI=1S/C29H27F4N5O.C3H8/c1-4-14-37-19(3)26(35)38(22-11-9-20(17-34)10-12-22)27(39)23-6-5-13-36-25(23)28(37,30)16-21-8-7-18(2)24(15-21)29(31,32)33;1-3-2/h5-13,15,19,35H,4,14,16H2,1-3H3;3H2,1-2H3. The number of nitrogens with zero attached hydrogens (tertiary/aromatic N) is 4. The molecule has 1 aliphatic rings. The number of aryl methyl sites for hydroxylation is 1. The van der Waals surface area contributed by atoms with Crippen molar-refractivity contribution in [2.24, 2.45) is 0 Å². The Hall–Kier alpha value is -4.10. The average Bonchev–Trinajstić information content (AvgIpc) is 2.96. The third kappa shape index (κ3) is 6.52. The van der Waals surface area contributed by atoms with Gasteiger partial charge in [-0.1, -0.05) is 39.3 Å². The molecule has 0 spiro atoms. The largest absolute Gasteiger partial charge is 0.416 e. The van der Waals surface area contributed by atoms with Gasteiger partial charge in [-0.15, -0.1) is 0 Å². The molecule has 1 aliphatic heterocycles. The second-order valence-electron chi connectivity index (χ2n) is 10.2. The second-order valence-corrected chi connectivity index (χ2v) is 10.2. The van der Waals surface area contributed by atoms with Crippen molar-refractivity contribution in [3.8, 4) is 6.07 Å². The van der Waals surface area contributed by atoms with E-state index >= 15 is 4.39 Å². The average molecular weight is 582 g/mol. The summed E-state index contributed by atoms with van der Waals surface area (Å²) in [6.07, 6.45) is -2.07. The van der Waals surface area contributed by atoms with Gasteiger partial charge in [0, 0.05) is 19.2 Å². The Balaban J connectivity index is 0.00000155. The predicted octanol–water partition coefficient (Wildman–Crippen LogP) is 7.80. The molecule has 2 atom stereocenters. The Kier molecular flexibility index (Phi) is 10.2. The Labute approximate surface area is 244 Å². The summed E-state index contributed by atoms with van der Waals surface area (Å²) in [5.74, 6) is -3.41. The number of carbonyl (C=O) groups excluding carboxylic acids is 1. The van der Waals surface area contributed by atoms with Crippen LogP contribution in [0.25, 0.3) is 0 Å². The monoisotopic (exact) mass is 581 g/mol. The Morgan fingerprint density at radius 2 is 1.74 bits per heavy atom. The first-order chi connectivity index (χ1) is 19.8. The number of hydrogen-bond donors (Lipinski definition) is 1. The van der Waals surface area contributed by atoms with E-state index < -0.39 is 35.9 Å². The number of anilines is 1. The Morgan fingerprint density at radius 3 is 2.31 bits per heavy atom. The van der Waals surface area contributed by atoms with Crippen molar-refractivity contribution in [1.82, 2.24) is 9.88 Å². The van der Waals surface area contributed by atoms with Crippen molar-refractivity contribution in [3.05, 3.63) is 94.3 Å². The molecule has 3 aromatic rings. The van der Waals surface area contributed by atoms with Crippen LogP contribution in [-0.2, 0) is 18.4 Å². The van der Waals surface area contributed by atoms with Crippen LogP contribution in [0.5, 0.6) is 0 Å². The van der Waals surface area contributed by atoms with Crippen molar-refractivity contribution < 1.29 is 22.4 Å². The molecule has 0 saturated carbocycles. The van der Waals surface area contributed by atoms with E-state index in [2.05, 4.69) is 18.8 Å². The SMILES string of the molecule is CCC.CCCN1C(C)C(=N)N(c2ccc(C#N)cc2)C(=O)c2cccnc2C1(F)Cc1ccc(C)c(C(F)(F)F)c1.